The van der Waals surface area contributed by atoms with Gasteiger partial charge in [-0.25, -0.2) is 9.69 Å². The highest BCUT2D eigenvalue weighted by atomic mass is 16.5. The Hall–Kier alpha value is -3.61. The van der Waals surface area contributed by atoms with Gasteiger partial charge in [0.15, 0.2) is 11.5 Å². The Labute approximate surface area is 156 Å². The monoisotopic (exact) mass is 366 g/mol. The largest absolute Gasteiger partial charge is 0.493 e. The lowest BCUT2D eigenvalue weighted by Crippen LogP contribution is -2.54. The molecule has 7 heteroatoms. The molecule has 138 valence electrons. The summed E-state index contributed by atoms with van der Waals surface area (Å²) in [6.07, 6.45) is 1.41. The number of methoxy groups -OCH3 is 2. The molecule has 1 N–H and O–H groups in total. The van der Waals surface area contributed by atoms with Gasteiger partial charge in [0.05, 0.1) is 19.9 Å². The molecule has 1 aliphatic rings. The molecule has 0 aromatic heterocycles. The average molecular weight is 366 g/mol. The van der Waals surface area contributed by atoms with Crippen LogP contribution in [0.15, 0.2) is 48.0 Å². The van der Waals surface area contributed by atoms with Crippen molar-refractivity contribution in [3.8, 4) is 11.5 Å². The number of hydrogen-bond donors (Lipinski definition) is 1. The number of hydrogen-bond acceptors (Lipinski definition) is 5. The first-order valence-electron chi connectivity index (χ1n) is 8.14. The van der Waals surface area contributed by atoms with Gasteiger partial charge in [0.25, 0.3) is 11.8 Å². The number of ether oxygens (including phenoxy) is 2. The molecule has 1 saturated heterocycles. The molecule has 0 spiro atoms. The zero-order valence-electron chi connectivity index (χ0n) is 15.1. The number of amides is 4. The van der Waals surface area contributed by atoms with Crippen molar-refractivity contribution in [1.82, 2.24) is 5.32 Å². The van der Waals surface area contributed by atoms with Crippen molar-refractivity contribution in [2.45, 2.75) is 6.92 Å². The summed E-state index contributed by atoms with van der Waals surface area (Å²) in [6, 6.07) is 11.1. The summed E-state index contributed by atoms with van der Waals surface area (Å²) in [5.41, 5.74) is 1.78. The predicted molar refractivity (Wildman–Crippen MR) is 99.7 cm³/mol. The van der Waals surface area contributed by atoms with Crippen molar-refractivity contribution >= 4 is 29.6 Å². The van der Waals surface area contributed by atoms with E-state index in [1.54, 1.807) is 42.5 Å². The minimum Gasteiger partial charge on any atom is -0.493 e. The van der Waals surface area contributed by atoms with Crippen molar-refractivity contribution in [3.63, 3.8) is 0 Å². The Bertz CT molecular complexity index is 947. The third-order valence-corrected chi connectivity index (χ3v) is 4.11. The molecule has 0 unspecified atom stereocenters. The Morgan fingerprint density at radius 2 is 1.59 bits per heavy atom. The summed E-state index contributed by atoms with van der Waals surface area (Å²) < 4.78 is 10.4. The second-order valence-electron chi connectivity index (χ2n) is 5.91. The summed E-state index contributed by atoms with van der Waals surface area (Å²) >= 11 is 0. The number of imide groups is 2. The van der Waals surface area contributed by atoms with Gasteiger partial charge in [-0.3, -0.25) is 14.9 Å². The van der Waals surface area contributed by atoms with Crippen LogP contribution in [0.3, 0.4) is 0 Å². The Morgan fingerprint density at radius 1 is 0.926 bits per heavy atom. The van der Waals surface area contributed by atoms with Crippen LogP contribution < -0.4 is 19.7 Å². The number of carbonyl (C=O) groups is 3. The molecule has 4 amide bonds. The number of aryl methyl sites for hydroxylation is 1. The van der Waals surface area contributed by atoms with Crippen molar-refractivity contribution in [3.05, 3.63) is 59.2 Å². The Morgan fingerprint density at radius 3 is 2.22 bits per heavy atom. The van der Waals surface area contributed by atoms with Crippen molar-refractivity contribution in [2.75, 3.05) is 19.1 Å². The van der Waals surface area contributed by atoms with Crippen LogP contribution in [0.4, 0.5) is 10.5 Å². The van der Waals surface area contributed by atoms with Crippen molar-refractivity contribution in [2.24, 2.45) is 0 Å². The van der Waals surface area contributed by atoms with Crippen molar-refractivity contribution < 1.29 is 23.9 Å². The molecule has 27 heavy (non-hydrogen) atoms. The van der Waals surface area contributed by atoms with Crippen LogP contribution in [0.5, 0.6) is 11.5 Å². The molecule has 3 rings (SSSR count). The SMILES string of the molecule is COc1ccc(/C=C2\C(=O)NC(=O)N(c3ccc(C)cc3)C2=O)cc1OC. The van der Waals surface area contributed by atoms with E-state index in [9.17, 15) is 14.4 Å². The number of nitrogens with one attached hydrogen (secondary N) is 1. The van der Waals surface area contributed by atoms with Gasteiger partial charge in [0, 0.05) is 0 Å². The maximum absolute atomic E-state index is 12.8. The topological polar surface area (TPSA) is 84.9 Å². The lowest BCUT2D eigenvalue weighted by Gasteiger charge is -2.26. The summed E-state index contributed by atoms with van der Waals surface area (Å²) in [7, 11) is 3.00. The third-order valence-electron chi connectivity index (χ3n) is 4.11. The second-order valence-corrected chi connectivity index (χ2v) is 5.91. The number of benzene rings is 2. The van der Waals surface area contributed by atoms with E-state index in [-0.39, 0.29) is 5.57 Å². The Kier molecular flexibility index (Phi) is 4.94. The molecular formula is C20H18N2O5. The van der Waals surface area contributed by atoms with Gasteiger partial charge < -0.3 is 9.47 Å². The fourth-order valence-electron chi connectivity index (χ4n) is 2.70. The van der Waals surface area contributed by atoms with E-state index in [1.165, 1.54) is 20.3 Å². The fourth-order valence-corrected chi connectivity index (χ4v) is 2.70. The summed E-state index contributed by atoms with van der Waals surface area (Å²) in [5.74, 6) is -0.456. The van der Waals surface area contributed by atoms with Gasteiger partial charge in [-0.05, 0) is 42.8 Å². The molecule has 0 radical (unpaired) electrons. The number of barbiturate groups is 1. The lowest BCUT2D eigenvalue weighted by atomic mass is 10.1. The van der Waals surface area contributed by atoms with Crippen LogP contribution in [0.2, 0.25) is 0 Å². The lowest BCUT2D eigenvalue weighted by molar-refractivity contribution is -0.122. The molecular weight excluding hydrogens is 348 g/mol. The Balaban J connectivity index is 2.00. The number of urea groups is 1. The van der Waals surface area contributed by atoms with E-state index in [0.717, 1.165) is 10.5 Å². The average Bonchev–Trinajstić information content (AvgIpc) is 2.66. The van der Waals surface area contributed by atoms with Gasteiger partial charge in [-0.2, -0.15) is 0 Å². The first kappa shape index (κ1) is 18.2. The molecule has 0 bridgehead atoms. The van der Waals surface area contributed by atoms with Gasteiger partial charge in [0.2, 0.25) is 0 Å². The highest BCUT2D eigenvalue weighted by Crippen LogP contribution is 2.29. The van der Waals surface area contributed by atoms with E-state index in [0.29, 0.717) is 22.7 Å². The van der Waals surface area contributed by atoms with Crippen molar-refractivity contribution in [1.29, 1.82) is 0 Å². The smallest absolute Gasteiger partial charge is 0.335 e. The van der Waals surface area contributed by atoms with Crippen LogP contribution >= 0.6 is 0 Å². The zero-order chi connectivity index (χ0) is 19.6. The van der Waals surface area contributed by atoms with Crippen LogP contribution in [0.25, 0.3) is 6.08 Å². The van der Waals surface area contributed by atoms with Gasteiger partial charge in [-0.1, -0.05) is 23.8 Å². The van der Waals surface area contributed by atoms with Gasteiger partial charge >= 0.3 is 6.03 Å². The maximum atomic E-state index is 12.8. The first-order chi connectivity index (χ1) is 12.9. The molecule has 2 aromatic rings. The molecule has 0 atom stereocenters. The molecule has 1 heterocycles. The summed E-state index contributed by atoms with van der Waals surface area (Å²) in [6.45, 7) is 1.90. The van der Waals surface area contributed by atoms with Crippen LogP contribution in [0, 0.1) is 6.92 Å². The van der Waals surface area contributed by atoms with Crippen LogP contribution in [-0.4, -0.2) is 32.1 Å². The van der Waals surface area contributed by atoms with E-state index >= 15 is 0 Å². The molecule has 2 aromatic carbocycles. The summed E-state index contributed by atoms with van der Waals surface area (Å²) in [4.78, 5) is 38.2. The van der Waals surface area contributed by atoms with Gasteiger partial charge in [-0.15, -0.1) is 0 Å². The normalized spacial score (nSPS) is 15.7. The predicted octanol–water partition coefficient (Wildman–Crippen LogP) is 2.68. The minimum atomic E-state index is -0.779. The molecule has 7 nitrogen and oxygen atoms in total. The highest BCUT2D eigenvalue weighted by Gasteiger charge is 2.36. The molecule has 0 saturated carbocycles. The molecule has 1 aliphatic heterocycles. The minimum absolute atomic E-state index is 0.151. The van der Waals surface area contributed by atoms with Crippen LogP contribution in [0.1, 0.15) is 11.1 Å². The highest BCUT2D eigenvalue weighted by molar-refractivity contribution is 6.39. The third kappa shape index (κ3) is 3.52. The fraction of sp³-hybridized carbons (Fsp3) is 0.150. The van der Waals surface area contributed by atoms with E-state index in [4.69, 9.17) is 9.47 Å². The maximum Gasteiger partial charge on any atom is 0.335 e. The standard InChI is InChI=1S/C20H18N2O5/c1-12-4-7-14(8-5-12)22-19(24)15(18(23)21-20(22)25)10-13-6-9-16(26-2)17(11-13)27-3/h4-11H,1-3H3,(H,21,23,25)/b15-10+. The summed E-state index contributed by atoms with van der Waals surface area (Å²) in [5, 5.41) is 2.20. The molecule has 1 fully saturated rings. The van der Waals surface area contributed by atoms with Gasteiger partial charge in [0.1, 0.15) is 5.57 Å². The van der Waals surface area contributed by atoms with E-state index in [2.05, 4.69) is 5.32 Å². The number of rotatable bonds is 4. The number of nitrogens with zero attached hydrogens (tertiary/aromatic N) is 1. The quantitative estimate of drug-likeness (QED) is 0.664. The van der Waals surface area contributed by atoms with Crippen LogP contribution in [-0.2, 0) is 9.59 Å². The zero-order valence-corrected chi connectivity index (χ0v) is 15.1. The second kappa shape index (κ2) is 7.33. The number of carbonyl (C=O) groups excluding carboxylic acids is 3. The van der Waals surface area contributed by atoms with E-state index < -0.39 is 17.8 Å². The molecule has 0 aliphatic carbocycles. The first-order valence-corrected chi connectivity index (χ1v) is 8.14. The number of anilines is 1. The van der Waals surface area contributed by atoms with E-state index in [1.807, 2.05) is 6.92 Å².